The second-order valence-electron chi connectivity index (χ2n) is 10.7. The average Bonchev–Trinajstić information content (AvgIpc) is 3.09. The van der Waals surface area contributed by atoms with Crippen LogP contribution in [-0.4, -0.2) is 67.7 Å². The molecule has 5 nitrogen and oxygen atoms in total. The van der Waals surface area contributed by atoms with Crippen LogP contribution in [-0.2, 0) is 17.7 Å². The number of benzene rings is 2. The van der Waals surface area contributed by atoms with Crippen molar-refractivity contribution in [3.05, 3.63) is 59.2 Å². The minimum absolute atomic E-state index is 0.268. The van der Waals surface area contributed by atoms with E-state index in [1.165, 1.54) is 72.5 Å². The molecule has 0 N–H and O–H groups in total. The first kappa shape index (κ1) is 24.1. The SMILES string of the molecule is COC(=O)c1ccc2c(C3CCCCC3)c3n(c2c1)CC(N(C)CCN(C)C)Cc1ccccc1-3. The van der Waals surface area contributed by atoms with Gasteiger partial charge in [0, 0.05) is 42.1 Å². The van der Waals surface area contributed by atoms with Crippen LogP contribution in [0.4, 0.5) is 0 Å². The van der Waals surface area contributed by atoms with Crippen LogP contribution < -0.4 is 0 Å². The smallest absolute Gasteiger partial charge is 0.337 e. The Balaban J connectivity index is 1.72. The Bertz CT molecular complexity index is 1210. The number of carbonyl (C=O) groups is 1. The van der Waals surface area contributed by atoms with Gasteiger partial charge in [-0.1, -0.05) is 49.6 Å². The molecule has 1 fully saturated rings. The number of likely N-dealkylation sites (N-methyl/N-ethyl adjacent to an activating group) is 2. The number of nitrogens with zero attached hydrogens (tertiary/aromatic N) is 3. The molecule has 0 saturated heterocycles. The van der Waals surface area contributed by atoms with Crippen molar-refractivity contribution < 1.29 is 9.53 Å². The predicted molar refractivity (Wildman–Crippen MR) is 143 cm³/mol. The first-order valence-electron chi connectivity index (χ1n) is 13.2. The molecule has 186 valence electrons. The maximum absolute atomic E-state index is 12.5. The number of ether oxygens (including phenoxy) is 1. The maximum atomic E-state index is 12.5. The molecule has 5 rings (SSSR count). The Morgan fingerprint density at radius 3 is 2.54 bits per heavy atom. The van der Waals surface area contributed by atoms with E-state index in [4.69, 9.17) is 4.74 Å². The highest BCUT2D eigenvalue weighted by Gasteiger charge is 2.32. The Labute approximate surface area is 209 Å². The summed E-state index contributed by atoms with van der Waals surface area (Å²) in [7, 11) is 8.00. The second kappa shape index (κ2) is 10.2. The van der Waals surface area contributed by atoms with E-state index in [0.717, 1.165) is 26.1 Å². The Morgan fingerprint density at radius 2 is 1.80 bits per heavy atom. The molecule has 1 unspecified atom stereocenters. The molecule has 0 radical (unpaired) electrons. The van der Waals surface area contributed by atoms with Crippen LogP contribution in [0.25, 0.3) is 22.2 Å². The molecule has 1 aliphatic carbocycles. The zero-order valence-corrected chi connectivity index (χ0v) is 21.7. The summed E-state index contributed by atoms with van der Waals surface area (Å²) in [6, 6.07) is 15.6. The van der Waals surface area contributed by atoms with E-state index in [-0.39, 0.29) is 5.97 Å². The van der Waals surface area contributed by atoms with Gasteiger partial charge < -0.3 is 19.1 Å². The van der Waals surface area contributed by atoms with Gasteiger partial charge in [-0.2, -0.15) is 0 Å². The predicted octanol–water partition coefficient (Wildman–Crippen LogP) is 5.56. The highest BCUT2D eigenvalue weighted by molar-refractivity contribution is 5.99. The molecule has 1 aliphatic heterocycles. The summed E-state index contributed by atoms with van der Waals surface area (Å²) in [5, 5.41) is 1.31. The topological polar surface area (TPSA) is 37.7 Å². The summed E-state index contributed by atoms with van der Waals surface area (Å²) in [5.74, 6) is 0.304. The van der Waals surface area contributed by atoms with Crippen molar-refractivity contribution in [1.29, 1.82) is 0 Å². The lowest BCUT2D eigenvalue weighted by Crippen LogP contribution is -2.40. The number of methoxy groups -OCH3 is 1. The van der Waals surface area contributed by atoms with E-state index in [2.05, 4.69) is 71.9 Å². The van der Waals surface area contributed by atoms with Gasteiger partial charge in [0.15, 0.2) is 0 Å². The molecule has 2 heterocycles. The Kier molecular flexibility index (Phi) is 6.99. The van der Waals surface area contributed by atoms with Crippen molar-refractivity contribution in [3.8, 4) is 11.3 Å². The summed E-state index contributed by atoms with van der Waals surface area (Å²) in [4.78, 5) is 17.2. The highest BCUT2D eigenvalue weighted by atomic mass is 16.5. The van der Waals surface area contributed by atoms with Crippen molar-refractivity contribution in [1.82, 2.24) is 14.4 Å². The quantitative estimate of drug-likeness (QED) is 0.439. The molecule has 0 amide bonds. The van der Waals surface area contributed by atoms with Gasteiger partial charge in [0.05, 0.1) is 18.4 Å². The van der Waals surface area contributed by atoms with E-state index < -0.39 is 0 Å². The first-order valence-corrected chi connectivity index (χ1v) is 13.2. The second-order valence-corrected chi connectivity index (χ2v) is 10.7. The zero-order chi connectivity index (χ0) is 24.5. The lowest BCUT2D eigenvalue weighted by atomic mass is 9.81. The van der Waals surface area contributed by atoms with Gasteiger partial charge in [0.2, 0.25) is 0 Å². The van der Waals surface area contributed by atoms with E-state index >= 15 is 0 Å². The maximum Gasteiger partial charge on any atom is 0.337 e. The summed E-state index contributed by atoms with van der Waals surface area (Å²) in [6.07, 6.45) is 7.47. The lowest BCUT2D eigenvalue weighted by Gasteiger charge is -2.29. The lowest BCUT2D eigenvalue weighted by molar-refractivity contribution is 0.0601. The molecular formula is C30H39N3O2. The zero-order valence-electron chi connectivity index (χ0n) is 21.7. The van der Waals surface area contributed by atoms with Gasteiger partial charge in [-0.05, 0) is 69.6 Å². The molecule has 0 bridgehead atoms. The van der Waals surface area contributed by atoms with Gasteiger partial charge in [0.25, 0.3) is 0 Å². The molecule has 1 atom stereocenters. The molecule has 3 aromatic rings. The molecule has 35 heavy (non-hydrogen) atoms. The minimum atomic E-state index is -0.268. The fraction of sp³-hybridized carbons (Fsp3) is 0.500. The number of aromatic nitrogens is 1. The van der Waals surface area contributed by atoms with Crippen LogP contribution in [0.15, 0.2) is 42.5 Å². The molecule has 5 heteroatoms. The van der Waals surface area contributed by atoms with E-state index in [9.17, 15) is 4.79 Å². The Morgan fingerprint density at radius 1 is 1.03 bits per heavy atom. The van der Waals surface area contributed by atoms with Crippen LogP contribution in [0.2, 0.25) is 0 Å². The third-order valence-corrected chi connectivity index (χ3v) is 8.18. The van der Waals surface area contributed by atoms with Crippen molar-refractivity contribution in [2.75, 3.05) is 41.3 Å². The molecule has 2 aliphatic rings. The first-order chi connectivity index (χ1) is 17.0. The molecule has 0 spiro atoms. The number of fused-ring (bicyclic) bond motifs is 5. The van der Waals surface area contributed by atoms with E-state index in [1.807, 2.05) is 6.07 Å². The van der Waals surface area contributed by atoms with Gasteiger partial charge in [-0.15, -0.1) is 0 Å². The summed E-state index contributed by atoms with van der Waals surface area (Å²) < 4.78 is 7.62. The van der Waals surface area contributed by atoms with Crippen LogP contribution >= 0.6 is 0 Å². The molecule has 1 saturated carbocycles. The summed E-state index contributed by atoms with van der Waals surface area (Å²) in [6.45, 7) is 2.98. The van der Waals surface area contributed by atoms with E-state index in [1.54, 1.807) is 0 Å². The van der Waals surface area contributed by atoms with Gasteiger partial charge in [0.1, 0.15) is 0 Å². The number of hydrogen-bond donors (Lipinski definition) is 0. The number of hydrogen-bond acceptors (Lipinski definition) is 4. The van der Waals surface area contributed by atoms with Gasteiger partial charge in [-0.25, -0.2) is 4.79 Å². The third kappa shape index (κ3) is 4.64. The molecule has 2 aromatic carbocycles. The van der Waals surface area contributed by atoms with Crippen LogP contribution in [0, 0.1) is 0 Å². The summed E-state index contributed by atoms with van der Waals surface area (Å²) in [5.41, 5.74) is 7.48. The van der Waals surface area contributed by atoms with Crippen molar-refractivity contribution in [2.24, 2.45) is 0 Å². The van der Waals surface area contributed by atoms with Crippen molar-refractivity contribution in [2.45, 2.75) is 57.0 Å². The summed E-state index contributed by atoms with van der Waals surface area (Å²) >= 11 is 0. The number of esters is 1. The minimum Gasteiger partial charge on any atom is -0.465 e. The van der Waals surface area contributed by atoms with Crippen molar-refractivity contribution >= 4 is 16.9 Å². The fourth-order valence-electron chi connectivity index (χ4n) is 6.20. The normalized spacial score (nSPS) is 18.5. The fourth-order valence-corrected chi connectivity index (χ4v) is 6.20. The molecule has 1 aromatic heterocycles. The highest BCUT2D eigenvalue weighted by Crippen LogP contribution is 2.46. The standard InChI is InChI=1S/C30H39N3O2/c1-31(2)16-17-32(3)24-18-22-12-8-9-13-25(22)29-28(21-10-6-5-7-11-21)26-15-14-23(30(34)35-4)19-27(26)33(29)20-24/h8-9,12-15,19,21,24H,5-7,10-11,16-18,20H2,1-4H3. The van der Waals surface area contributed by atoms with Crippen LogP contribution in [0.5, 0.6) is 0 Å². The Hall–Kier alpha value is -2.63. The van der Waals surface area contributed by atoms with Crippen LogP contribution in [0.1, 0.15) is 59.5 Å². The average molecular weight is 474 g/mol. The van der Waals surface area contributed by atoms with Gasteiger partial charge in [-0.3, -0.25) is 0 Å². The van der Waals surface area contributed by atoms with Gasteiger partial charge >= 0.3 is 5.97 Å². The number of rotatable bonds is 6. The van der Waals surface area contributed by atoms with E-state index in [0.29, 0.717) is 17.5 Å². The molecular weight excluding hydrogens is 434 g/mol. The van der Waals surface area contributed by atoms with Crippen LogP contribution in [0.3, 0.4) is 0 Å². The van der Waals surface area contributed by atoms with Crippen molar-refractivity contribution in [3.63, 3.8) is 0 Å². The third-order valence-electron chi connectivity index (χ3n) is 8.18. The monoisotopic (exact) mass is 473 g/mol. The number of carbonyl (C=O) groups excluding carboxylic acids is 1. The largest absolute Gasteiger partial charge is 0.465 e.